The third-order valence-electron chi connectivity index (χ3n) is 3.05. The van der Waals surface area contributed by atoms with Crippen LogP contribution in [-0.2, 0) is 0 Å². The first-order valence-electron chi connectivity index (χ1n) is 6.18. The molecule has 0 unspecified atom stereocenters. The standard InChI is InChI=1S/C17H11BrO2/c18-15-8-6-13(7-9-15)17-14(11-19)10-16(20-17)12-4-2-1-3-5-12/h1-11H. The molecular formula is C17H11BrO2. The molecule has 1 aromatic heterocycles. The van der Waals surface area contributed by atoms with Gasteiger partial charge < -0.3 is 4.42 Å². The molecule has 20 heavy (non-hydrogen) atoms. The zero-order valence-corrected chi connectivity index (χ0v) is 12.1. The SMILES string of the molecule is O=Cc1cc(-c2ccccc2)oc1-c1ccc(Br)cc1. The second kappa shape index (κ2) is 5.47. The highest BCUT2D eigenvalue weighted by atomic mass is 79.9. The summed E-state index contributed by atoms with van der Waals surface area (Å²) in [6, 6.07) is 19.2. The van der Waals surface area contributed by atoms with E-state index in [1.807, 2.05) is 54.6 Å². The van der Waals surface area contributed by atoms with Gasteiger partial charge in [-0.05, 0) is 18.2 Å². The molecule has 0 aliphatic rings. The molecule has 0 atom stereocenters. The number of hydrogen-bond acceptors (Lipinski definition) is 2. The average Bonchev–Trinajstić information content (AvgIpc) is 2.93. The number of halogens is 1. The Balaban J connectivity index is 2.10. The lowest BCUT2D eigenvalue weighted by molar-refractivity contribution is 0.112. The molecule has 0 amide bonds. The second-order valence-corrected chi connectivity index (χ2v) is 5.30. The number of rotatable bonds is 3. The van der Waals surface area contributed by atoms with Crippen molar-refractivity contribution in [3.8, 4) is 22.6 Å². The number of furan rings is 1. The van der Waals surface area contributed by atoms with Crippen molar-refractivity contribution in [3.05, 3.63) is 70.7 Å². The Morgan fingerprint density at radius 3 is 2.25 bits per heavy atom. The number of aldehydes is 1. The van der Waals surface area contributed by atoms with Crippen LogP contribution in [0.25, 0.3) is 22.6 Å². The minimum absolute atomic E-state index is 0.561. The van der Waals surface area contributed by atoms with Crippen LogP contribution in [0.4, 0.5) is 0 Å². The summed E-state index contributed by atoms with van der Waals surface area (Å²) >= 11 is 3.40. The van der Waals surface area contributed by atoms with Gasteiger partial charge in [0.2, 0.25) is 0 Å². The minimum atomic E-state index is 0.561. The maximum absolute atomic E-state index is 11.2. The minimum Gasteiger partial charge on any atom is -0.455 e. The Bertz CT molecular complexity index is 727. The van der Waals surface area contributed by atoms with Crippen LogP contribution in [0.1, 0.15) is 10.4 Å². The Morgan fingerprint density at radius 1 is 0.900 bits per heavy atom. The van der Waals surface area contributed by atoms with E-state index in [0.29, 0.717) is 17.1 Å². The summed E-state index contributed by atoms with van der Waals surface area (Å²) in [6.45, 7) is 0. The molecule has 0 fully saturated rings. The molecule has 0 N–H and O–H groups in total. The lowest BCUT2D eigenvalue weighted by atomic mass is 10.1. The lowest BCUT2D eigenvalue weighted by Crippen LogP contribution is -1.80. The van der Waals surface area contributed by atoms with Crippen LogP contribution in [0, 0.1) is 0 Å². The molecule has 0 saturated carbocycles. The Kier molecular flexibility index (Phi) is 3.52. The summed E-state index contributed by atoms with van der Waals surface area (Å²) in [6.07, 6.45) is 0.827. The molecule has 2 aromatic carbocycles. The number of carbonyl (C=O) groups excluding carboxylic acids is 1. The fourth-order valence-corrected chi connectivity index (χ4v) is 2.33. The lowest BCUT2D eigenvalue weighted by Gasteiger charge is -1.99. The summed E-state index contributed by atoms with van der Waals surface area (Å²) in [5.41, 5.74) is 2.41. The van der Waals surface area contributed by atoms with Gasteiger partial charge in [-0.1, -0.05) is 58.4 Å². The summed E-state index contributed by atoms with van der Waals surface area (Å²) < 4.78 is 6.86. The van der Waals surface area contributed by atoms with Gasteiger partial charge in [0, 0.05) is 15.6 Å². The van der Waals surface area contributed by atoms with E-state index in [9.17, 15) is 4.79 Å². The van der Waals surface area contributed by atoms with Gasteiger partial charge in [-0.15, -0.1) is 0 Å². The van der Waals surface area contributed by atoms with Crippen molar-refractivity contribution in [1.29, 1.82) is 0 Å². The third kappa shape index (κ3) is 2.45. The maximum atomic E-state index is 11.2. The monoisotopic (exact) mass is 326 g/mol. The maximum Gasteiger partial charge on any atom is 0.153 e. The van der Waals surface area contributed by atoms with E-state index < -0.39 is 0 Å². The van der Waals surface area contributed by atoms with Crippen molar-refractivity contribution < 1.29 is 9.21 Å². The molecule has 3 aromatic rings. The molecule has 0 saturated heterocycles. The fourth-order valence-electron chi connectivity index (χ4n) is 2.06. The van der Waals surface area contributed by atoms with Gasteiger partial charge in [0.1, 0.15) is 11.5 Å². The Morgan fingerprint density at radius 2 is 1.60 bits per heavy atom. The van der Waals surface area contributed by atoms with Crippen LogP contribution in [0.5, 0.6) is 0 Å². The molecule has 98 valence electrons. The number of hydrogen-bond donors (Lipinski definition) is 0. The highest BCUT2D eigenvalue weighted by molar-refractivity contribution is 9.10. The van der Waals surface area contributed by atoms with Crippen LogP contribution < -0.4 is 0 Å². The summed E-state index contributed by atoms with van der Waals surface area (Å²) in [7, 11) is 0. The van der Waals surface area contributed by atoms with E-state index in [1.165, 1.54) is 0 Å². The first kappa shape index (κ1) is 12.9. The summed E-state index contributed by atoms with van der Waals surface area (Å²) in [5.74, 6) is 1.30. The predicted molar refractivity (Wildman–Crippen MR) is 82.7 cm³/mol. The molecule has 3 heteroatoms. The van der Waals surface area contributed by atoms with Crippen molar-refractivity contribution in [2.45, 2.75) is 0 Å². The molecule has 2 nitrogen and oxygen atoms in total. The second-order valence-electron chi connectivity index (χ2n) is 4.39. The van der Waals surface area contributed by atoms with Gasteiger partial charge in [-0.2, -0.15) is 0 Å². The van der Waals surface area contributed by atoms with Crippen molar-refractivity contribution in [2.24, 2.45) is 0 Å². The van der Waals surface area contributed by atoms with Crippen molar-refractivity contribution in [1.82, 2.24) is 0 Å². The summed E-state index contributed by atoms with van der Waals surface area (Å²) in [5, 5.41) is 0. The van der Waals surface area contributed by atoms with Crippen molar-refractivity contribution in [3.63, 3.8) is 0 Å². The predicted octanol–water partition coefficient (Wildman–Crippen LogP) is 5.19. The fraction of sp³-hybridized carbons (Fsp3) is 0. The highest BCUT2D eigenvalue weighted by Crippen LogP contribution is 2.32. The normalized spacial score (nSPS) is 10.4. The van der Waals surface area contributed by atoms with Crippen LogP contribution in [0.3, 0.4) is 0 Å². The van der Waals surface area contributed by atoms with Gasteiger partial charge in [0.25, 0.3) is 0 Å². The largest absolute Gasteiger partial charge is 0.455 e. The first-order valence-corrected chi connectivity index (χ1v) is 6.97. The number of benzene rings is 2. The highest BCUT2D eigenvalue weighted by Gasteiger charge is 2.13. The topological polar surface area (TPSA) is 30.2 Å². The number of carbonyl (C=O) groups is 1. The molecule has 1 heterocycles. The summed E-state index contributed by atoms with van der Waals surface area (Å²) in [4.78, 5) is 11.2. The zero-order chi connectivity index (χ0) is 13.9. The van der Waals surface area contributed by atoms with Crippen molar-refractivity contribution in [2.75, 3.05) is 0 Å². The molecule has 0 spiro atoms. The quantitative estimate of drug-likeness (QED) is 0.620. The van der Waals surface area contributed by atoms with Crippen molar-refractivity contribution >= 4 is 22.2 Å². The van der Waals surface area contributed by atoms with E-state index in [1.54, 1.807) is 6.07 Å². The molecular weight excluding hydrogens is 316 g/mol. The van der Waals surface area contributed by atoms with Gasteiger partial charge in [-0.3, -0.25) is 4.79 Å². The van der Waals surface area contributed by atoms with E-state index >= 15 is 0 Å². The molecule has 0 aliphatic carbocycles. The van der Waals surface area contributed by atoms with Crippen LogP contribution in [0.15, 0.2) is 69.6 Å². The van der Waals surface area contributed by atoms with Crippen LogP contribution in [0.2, 0.25) is 0 Å². The van der Waals surface area contributed by atoms with Crippen LogP contribution >= 0.6 is 15.9 Å². The first-order chi connectivity index (χ1) is 9.78. The molecule has 0 aliphatic heterocycles. The Hall–Kier alpha value is -2.13. The average molecular weight is 327 g/mol. The molecule has 0 bridgehead atoms. The van der Waals surface area contributed by atoms with E-state index in [2.05, 4.69) is 15.9 Å². The van der Waals surface area contributed by atoms with E-state index in [-0.39, 0.29) is 0 Å². The van der Waals surface area contributed by atoms with Crippen LogP contribution in [-0.4, -0.2) is 6.29 Å². The van der Waals surface area contributed by atoms with E-state index in [4.69, 9.17) is 4.42 Å². The van der Waals surface area contributed by atoms with Gasteiger partial charge in [-0.25, -0.2) is 0 Å². The molecule has 0 radical (unpaired) electrons. The molecule has 3 rings (SSSR count). The zero-order valence-electron chi connectivity index (χ0n) is 10.5. The van der Waals surface area contributed by atoms with Gasteiger partial charge >= 0.3 is 0 Å². The smallest absolute Gasteiger partial charge is 0.153 e. The van der Waals surface area contributed by atoms with E-state index in [0.717, 1.165) is 21.9 Å². The van der Waals surface area contributed by atoms with Gasteiger partial charge in [0.05, 0.1) is 5.56 Å². The van der Waals surface area contributed by atoms with Gasteiger partial charge in [0.15, 0.2) is 6.29 Å². The third-order valence-corrected chi connectivity index (χ3v) is 3.58. The Labute approximate surface area is 125 Å².